The standard InChI is InChI=1S/C17H19FN4OS/c1-22-15(11-2-3-11)20-21-17(22)24-14(16(23)19-13-8-9-13)10-4-6-12(18)7-5-10/h4-7,11,13-14H,2-3,8-9H2,1H3,(H,19,23)/t14-/m1/s1. The second-order valence-corrected chi connectivity index (χ2v) is 7.58. The van der Waals surface area contributed by atoms with E-state index in [-0.39, 0.29) is 17.8 Å². The maximum absolute atomic E-state index is 13.2. The zero-order valence-electron chi connectivity index (χ0n) is 13.4. The number of hydrogen-bond acceptors (Lipinski definition) is 4. The lowest BCUT2D eigenvalue weighted by Gasteiger charge is -2.16. The van der Waals surface area contributed by atoms with Crippen molar-refractivity contribution in [3.63, 3.8) is 0 Å². The van der Waals surface area contributed by atoms with Crippen LogP contribution < -0.4 is 5.32 Å². The largest absolute Gasteiger partial charge is 0.352 e. The van der Waals surface area contributed by atoms with Crippen molar-refractivity contribution < 1.29 is 9.18 Å². The molecule has 5 nitrogen and oxygen atoms in total. The Morgan fingerprint density at radius 2 is 1.96 bits per heavy atom. The highest BCUT2D eigenvalue weighted by Gasteiger charge is 2.33. The molecule has 2 saturated carbocycles. The molecule has 1 amide bonds. The molecule has 0 saturated heterocycles. The van der Waals surface area contributed by atoms with E-state index in [9.17, 15) is 9.18 Å². The molecule has 7 heteroatoms. The highest BCUT2D eigenvalue weighted by molar-refractivity contribution is 8.00. The lowest BCUT2D eigenvalue weighted by Crippen LogP contribution is -2.30. The van der Waals surface area contributed by atoms with Crippen LogP contribution in [-0.2, 0) is 11.8 Å². The van der Waals surface area contributed by atoms with Crippen molar-refractivity contribution in [3.8, 4) is 0 Å². The van der Waals surface area contributed by atoms with Crippen molar-refractivity contribution in [2.45, 2.75) is 48.0 Å². The molecule has 2 aliphatic rings. The van der Waals surface area contributed by atoms with Crippen LogP contribution in [0.1, 0.15) is 48.2 Å². The Hall–Kier alpha value is -1.89. The molecule has 24 heavy (non-hydrogen) atoms. The molecular weight excluding hydrogens is 327 g/mol. The summed E-state index contributed by atoms with van der Waals surface area (Å²) in [6.45, 7) is 0. The quantitative estimate of drug-likeness (QED) is 0.817. The fourth-order valence-electron chi connectivity index (χ4n) is 2.65. The first-order valence-corrected chi connectivity index (χ1v) is 9.11. The predicted molar refractivity (Wildman–Crippen MR) is 89.1 cm³/mol. The molecule has 1 aromatic heterocycles. The van der Waals surface area contributed by atoms with Crippen molar-refractivity contribution >= 4 is 17.7 Å². The first-order chi connectivity index (χ1) is 11.6. The Morgan fingerprint density at radius 1 is 1.25 bits per heavy atom. The number of hydrogen-bond donors (Lipinski definition) is 1. The van der Waals surface area contributed by atoms with Gasteiger partial charge in [-0.15, -0.1) is 10.2 Å². The van der Waals surface area contributed by atoms with Crippen LogP contribution in [0.3, 0.4) is 0 Å². The Labute approximate surface area is 144 Å². The minimum absolute atomic E-state index is 0.0509. The number of carbonyl (C=O) groups excluding carboxylic acids is 1. The Morgan fingerprint density at radius 3 is 2.58 bits per heavy atom. The molecule has 1 heterocycles. The number of halogens is 1. The third-order valence-corrected chi connectivity index (χ3v) is 5.66. The average molecular weight is 346 g/mol. The number of thioether (sulfide) groups is 1. The molecule has 1 aromatic carbocycles. The monoisotopic (exact) mass is 346 g/mol. The molecule has 0 spiro atoms. The summed E-state index contributed by atoms with van der Waals surface area (Å²) < 4.78 is 15.2. The van der Waals surface area contributed by atoms with E-state index < -0.39 is 5.25 Å². The first kappa shape index (κ1) is 15.6. The summed E-state index contributed by atoms with van der Waals surface area (Å²) in [5.74, 6) is 1.13. The van der Waals surface area contributed by atoms with E-state index in [1.165, 1.54) is 23.9 Å². The van der Waals surface area contributed by atoms with E-state index >= 15 is 0 Å². The van der Waals surface area contributed by atoms with Gasteiger partial charge in [0.1, 0.15) is 16.9 Å². The first-order valence-electron chi connectivity index (χ1n) is 8.23. The maximum atomic E-state index is 13.2. The predicted octanol–water partition coefficient (Wildman–Crippen LogP) is 2.94. The fraction of sp³-hybridized carbons (Fsp3) is 0.471. The molecule has 2 fully saturated rings. The van der Waals surface area contributed by atoms with Gasteiger partial charge in [-0.05, 0) is 43.4 Å². The smallest absolute Gasteiger partial charge is 0.238 e. The number of nitrogens with zero attached hydrogens (tertiary/aromatic N) is 3. The molecule has 0 unspecified atom stereocenters. The molecule has 0 radical (unpaired) electrons. The van der Waals surface area contributed by atoms with Crippen LogP contribution in [0.15, 0.2) is 29.4 Å². The molecule has 126 valence electrons. The van der Waals surface area contributed by atoms with Gasteiger partial charge in [0.05, 0.1) is 0 Å². The molecule has 0 aliphatic heterocycles. The Bertz CT molecular complexity index is 752. The SMILES string of the molecule is Cn1c(S[C@@H](C(=O)NC2CC2)c2ccc(F)cc2)nnc1C1CC1. The van der Waals surface area contributed by atoms with Crippen LogP contribution >= 0.6 is 11.8 Å². The number of carbonyl (C=O) groups is 1. The van der Waals surface area contributed by atoms with Crippen LogP contribution in [0, 0.1) is 5.82 Å². The second kappa shape index (κ2) is 6.20. The fourth-order valence-corrected chi connectivity index (χ4v) is 3.67. The topological polar surface area (TPSA) is 59.8 Å². The van der Waals surface area contributed by atoms with Gasteiger partial charge in [-0.3, -0.25) is 4.79 Å². The van der Waals surface area contributed by atoms with Crippen LogP contribution in [-0.4, -0.2) is 26.7 Å². The highest BCUT2D eigenvalue weighted by Crippen LogP contribution is 2.41. The Kier molecular flexibility index (Phi) is 4.04. The highest BCUT2D eigenvalue weighted by atomic mass is 32.2. The van der Waals surface area contributed by atoms with E-state index in [1.807, 2.05) is 11.6 Å². The maximum Gasteiger partial charge on any atom is 0.238 e. The third kappa shape index (κ3) is 3.31. The van der Waals surface area contributed by atoms with Crippen LogP contribution in [0.2, 0.25) is 0 Å². The van der Waals surface area contributed by atoms with Crippen LogP contribution in [0.5, 0.6) is 0 Å². The lowest BCUT2D eigenvalue weighted by atomic mass is 10.1. The third-order valence-electron chi connectivity index (χ3n) is 4.37. The van der Waals surface area contributed by atoms with E-state index in [0.29, 0.717) is 5.92 Å². The second-order valence-electron chi connectivity index (χ2n) is 6.51. The van der Waals surface area contributed by atoms with E-state index in [1.54, 1.807) is 12.1 Å². The summed E-state index contributed by atoms with van der Waals surface area (Å²) in [5, 5.41) is 11.8. The van der Waals surface area contributed by atoms with Gasteiger partial charge in [0.2, 0.25) is 5.91 Å². The summed E-state index contributed by atoms with van der Waals surface area (Å²) in [6, 6.07) is 6.39. The van der Waals surface area contributed by atoms with Gasteiger partial charge in [-0.1, -0.05) is 23.9 Å². The molecular formula is C17H19FN4OS. The summed E-state index contributed by atoms with van der Waals surface area (Å²) in [4.78, 5) is 12.7. The van der Waals surface area contributed by atoms with E-state index in [0.717, 1.165) is 42.2 Å². The van der Waals surface area contributed by atoms with Gasteiger partial charge in [-0.2, -0.15) is 0 Å². The van der Waals surface area contributed by atoms with Gasteiger partial charge in [0, 0.05) is 19.0 Å². The van der Waals surface area contributed by atoms with Crippen molar-refractivity contribution in [3.05, 3.63) is 41.5 Å². The number of rotatable bonds is 6. The summed E-state index contributed by atoms with van der Waals surface area (Å²) >= 11 is 1.37. The molecule has 2 aliphatic carbocycles. The minimum atomic E-state index is -0.457. The summed E-state index contributed by atoms with van der Waals surface area (Å²) in [6.07, 6.45) is 4.37. The Balaban J connectivity index is 1.59. The van der Waals surface area contributed by atoms with Crippen molar-refractivity contribution in [2.75, 3.05) is 0 Å². The minimum Gasteiger partial charge on any atom is -0.352 e. The zero-order chi connectivity index (χ0) is 16.7. The molecule has 0 bridgehead atoms. The number of nitrogens with one attached hydrogen (secondary N) is 1. The number of benzene rings is 1. The molecule has 2 aromatic rings. The van der Waals surface area contributed by atoms with Crippen LogP contribution in [0.25, 0.3) is 0 Å². The molecule has 4 rings (SSSR count). The van der Waals surface area contributed by atoms with Gasteiger partial charge in [0.25, 0.3) is 0 Å². The van der Waals surface area contributed by atoms with Gasteiger partial charge < -0.3 is 9.88 Å². The van der Waals surface area contributed by atoms with Crippen molar-refractivity contribution in [2.24, 2.45) is 7.05 Å². The average Bonchev–Trinajstić information content (AvgIpc) is 3.48. The van der Waals surface area contributed by atoms with E-state index in [2.05, 4.69) is 15.5 Å². The van der Waals surface area contributed by atoms with Crippen molar-refractivity contribution in [1.82, 2.24) is 20.1 Å². The van der Waals surface area contributed by atoms with Gasteiger partial charge >= 0.3 is 0 Å². The summed E-state index contributed by atoms with van der Waals surface area (Å²) in [7, 11) is 1.94. The lowest BCUT2D eigenvalue weighted by molar-refractivity contribution is -0.120. The van der Waals surface area contributed by atoms with Crippen LogP contribution in [0.4, 0.5) is 4.39 Å². The van der Waals surface area contributed by atoms with E-state index in [4.69, 9.17) is 0 Å². The van der Waals surface area contributed by atoms with Crippen molar-refractivity contribution in [1.29, 1.82) is 0 Å². The van der Waals surface area contributed by atoms with Gasteiger partial charge in [-0.25, -0.2) is 4.39 Å². The summed E-state index contributed by atoms with van der Waals surface area (Å²) in [5.41, 5.74) is 0.774. The zero-order valence-corrected chi connectivity index (χ0v) is 14.2. The molecule has 1 atom stereocenters. The number of aromatic nitrogens is 3. The van der Waals surface area contributed by atoms with Gasteiger partial charge in [0.15, 0.2) is 5.16 Å². The molecule has 1 N–H and O–H groups in total. The normalized spacial score (nSPS) is 18.4. The number of amides is 1.